The van der Waals surface area contributed by atoms with Crippen molar-refractivity contribution in [3.8, 4) is 0 Å². The number of hydrogen-bond acceptors (Lipinski definition) is 5. The van der Waals surface area contributed by atoms with Crippen molar-refractivity contribution >= 4 is 6.09 Å². The molecule has 0 aliphatic carbocycles. The van der Waals surface area contributed by atoms with E-state index in [2.05, 4.69) is 22.6 Å². The molecule has 1 aromatic rings. The van der Waals surface area contributed by atoms with Crippen molar-refractivity contribution in [2.75, 3.05) is 26.7 Å². The van der Waals surface area contributed by atoms with Gasteiger partial charge in [0.25, 0.3) is 0 Å². The maximum Gasteiger partial charge on any atom is 0.407 e. The minimum Gasteiger partial charge on any atom is -0.444 e. The van der Waals surface area contributed by atoms with E-state index in [4.69, 9.17) is 4.74 Å². The van der Waals surface area contributed by atoms with Gasteiger partial charge in [-0.25, -0.2) is 4.79 Å². The van der Waals surface area contributed by atoms with Gasteiger partial charge in [-0.15, -0.1) is 0 Å². The molecule has 1 aliphatic rings. The number of amides is 1. The molecule has 0 radical (unpaired) electrons. The van der Waals surface area contributed by atoms with Gasteiger partial charge in [0.05, 0.1) is 12.1 Å². The molecule has 1 amide bonds. The lowest BCUT2D eigenvalue weighted by atomic mass is 10.00. The zero-order chi connectivity index (χ0) is 19.9. The zero-order valence-corrected chi connectivity index (χ0v) is 17.1. The summed E-state index contributed by atoms with van der Waals surface area (Å²) in [5, 5.41) is 17.1. The van der Waals surface area contributed by atoms with Crippen molar-refractivity contribution in [2.24, 2.45) is 0 Å². The number of hydrogen-bond donors (Lipinski definition) is 3. The van der Waals surface area contributed by atoms with Crippen molar-refractivity contribution in [3.05, 3.63) is 35.9 Å². The number of nitrogens with one attached hydrogen (secondary N) is 2. The van der Waals surface area contributed by atoms with Crippen LogP contribution < -0.4 is 10.6 Å². The topological polar surface area (TPSA) is 73.8 Å². The largest absolute Gasteiger partial charge is 0.444 e. The van der Waals surface area contributed by atoms with E-state index in [1.165, 1.54) is 0 Å². The van der Waals surface area contributed by atoms with Gasteiger partial charge in [0.15, 0.2) is 0 Å². The number of aliphatic hydroxyl groups excluding tert-OH is 1. The third kappa shape index (κ3) is 8.28. The lowest BCUT2D eigenvalue weighted by molar-refractivity contribution is 0.0417. The van der Waals surface area contributed by atoms with Crippen molar-refractivity contribution in [2.45, 2.75) is 63.8 Å². The summed E-state index contributed by atoms with van der Waals surface area (Å²) < 4.78 is 5.38. The third-order valence-corrected chi connectivity index (χ3v) is 4.80. The van der Waals surface area contributed by atoms with E-state index in [9.17, 15) is 9.90 Å². The Labute approximate surface area is 163 Å². The first-order chi connectivity index (χ1) is 12.7. The summed E-state index contributed by atoms with van der Waals surface area (Å²) in [6, 6.07) is 9.88. The number of alkyl carbamates (subject to hydrolysis) is 1. The number of likely N-dealkylation sites (tertiary alicyclic amines) is 1. The Hall–Kier alpha value is -1.63. The van der Waals surface area contributed by atoms with Crippen LogP contribution in [-0.2, 0) is 11.2 Å². The summed E-state index contributed by atoms with van der Waals surface area (Å²) >= 11 is 0. The summed E-state index contributed by atoms with van der Waals surface area (Å²) in [5.74, 6) is 0. The first-order valence-electron chi connectivity index (χ1n) is 9.86. The summed E-state index contributed by atoms with van der Waals surface area (Å²) in [5.41, 5.74) is 0.496. The molecule has 6 heteroatoms. The SMILES string of the molecule is CN1CCC(NC[C@@H](O)[C@H](Cc2ccccc2)NC(=O)OC(C)(C)C)CC1. The van der Waals surface area contributed by atoms with Crippen LogP contribution in [0.15, 0.2) is 30.3 Å². The van der Waals surface area contributed by atoms with Crippen molar-refractivity contribution in [3.63, 3.8) is 0 Å². The fourth-order valence-corrected chi connectivity index (χ4v) is 3.25. The second-order valence-corrected chi connectivity index (χ2v) is 8.50. The summed E-state index contributed by atoms with van der Waals surface area (Å²) in [7, 11) is 2.13. The molecule has 0 unspecified atom stereocenters. The molecule has 0 saturated carbocycles. The number of benzene rings is 1. The monoisotopic (exact) mass is 377 g/mol. The molecule has 1 heterocycles. The predicted octanol–water partition coefficient (Wildman–Crippen LogP) is 2.17. The zero-order valence-electron chi connectivity index (χ0n) is 17.1. The summed E-state index contributed by atoms with van der Waals surface area (Å²) in [4.78, 5) is 14.6. The van der Waals surface area contributed by atoms with Crippen LogP contribution in [0.1, 0.15) is 39.2 Å². The van der Waals surface area contributed by atoms with Gasteiger partial charge < -0.3 is 25.4 Å². The van der Waals surface area contributed by atoms with Crippen LogP contribution in [0.2, 0.25) is 0 Å². The predicted molar refractivity (Wildman–Crippen MR) is 108 cm³/mol. The fraction of sp³-hybridized carbons (Fsp3) is 0.667. The molecule has 0 spiro atoms. The van der Waals surface area contributed by atoms with Crippen LogP contribution in [0.5, 0.6) is 0 Å². The molecule has 2 atom stereocenters. The number of carbonyl (C=O) groups is 1. The highest BCUT2D eigenvalue weighted by Crippen LogP contribution is 2.12. The minimum absolute atomic E-state index is 0.412. The Morgan fingerprint density at radius 1 is 1.26 bits per heavy atom. The average Bonchev–Trinajstić information content (AvgIpc) is 2.59. The van der Waals surface area contributed by atoms with Crippen LogP contribution in [0, 0.1) is 0 Å². The molecule has 1 aromatic carbocycles. The smallest absolute Gasteiger partial charge is 0.407 e. The van der Waals surface area contributed by atoms with Crippen molar-refractivity contribution in [1.82, 2.24) is 15.5 Å². The van der Waals surface area contributed by atoms with Gasteiger partial charge in [-0.1, -0.05) is 30.3 Å². The molecule has 3 N–H and O–H groups in total. The van der Waals surface area contributed by atoms with Gasteiger partial charge in [-0.05, 0) is 65.7 Å². The van der Waals surface area contributed by atoms with Crippen molar-refractivity contribution in [1.29, 1.82) is 0 Å². The van der Waals surface area contributed by atoms with E-state index in [0.29, 0.717) is 19.0 Å². The Kier molecular flexibility index (Phi) is 8.07. The lowest BCUT2D eigenvalue weighted by Gasteiger charge is -2.32. The lowest BCUT2D eigenvalue weighted by Crippen LogP contribution is -2.52. The number of piperidine rings is 1. The van der Waals surface area contributed by atoms with Gasteiger partial charge >= 0.3 is 6.09 Å². The molecule has 0 aromatic heterocycles. The highest BCUT2D eigenvalue weighted by Gasteiger charge is 2.26. The molecular formula is C21H35N3O3. The second-order valence-electron chi connectivity index (χ2n) is 8.50. The first kappa shape index (κ1) is 21.7. The number of rotatable bonds is 7. The van der Waals surface area contributed by atoms with E-state index < -0.39 is 23.8 Å². The minimum atomic E-state index is -0.697. The van der Waals surface area contributed by atoms with Crippen LogP contribution in [0.25, 0.3) is 0 Å². The number of carbonyl (C=O) groups excluding carboxylic acids is 1. The number of nitrogens with zero attached hydrogens (tertiary/aromatic N) is 1. The quantitative estimate of drug-likeness (QED) is 0.679. The maximum absolute atomic E-state index is 12.2. The Bertz CT molecular complexity index is 566. The molecule has 1 fully saturated rings. The summed E-state index contributed by atoms with van der Waals surface area (Å²) in [6.45, 7) is 8.07. The summed E-state index contributed by atoms with van der Waals surface area (Å²) in [6.07, 6.45) is 1.51. The first-order valence-corrected chi connectivity index (χ1v) is 9.86. The van der Waals surface area contributed by atoms with Crippen molar-refractivity contribution < 1.29 is 14.6 Å². The normalized spacial score (nSPS) is 18.7. The van der Waals surface area contributed by atoms with Gasteiger partial charge in [0, 0.05) is 12.6 Å². The van der Waals surface area contributed by atoms with Crippen LogP contribution in [0.3, 0.4) is 0 Å². The van der Waals surface area contributed by atoms with Crippen LogP contribution >= 0.6 is 0 Å². The molecule has 27 heavy (non-hydrogen) atoms. The van der Waals surface area contributed by atoms with Gasteiger partial charge in [-0.3, -0.25) is 0 Å². The number of ether oxygens (including phenoxy) is 1. The highest BCUT2D eigenvalue weighted by molar-refractivity contribution is 5.68. The molecule has 6 nitrogen and oxygen atoms in total. The van der Waals surface area contributed by atoms with Crippen LogP contribution in [-0.4, -0.2) is 66.6 Å². The molecule has 152 valence electrons. The number of aliphatic hydroxyl groups is 1. The fourth-order valence-electron chi connectivity index (χ4n) is 3.25. The highest BCUT2D eigenvalue weighted by atomic mass is 16.6. The molecule has 0 bridgehead atoms. The van der Waals surface area contributed by atoms with Gasteiger partial charge in [0.2, 0.25) is 0 Å². The third-order valence-electron chi connectivity index (χ3n) is 4.80. The Morgan fingerprint density at radius 3 is 2.48 bits per heavy atom. The maximum atomic E-state index is 12.2. The molecule has 1 saturated heterocycles. The average molecular weight is 378 g/mol. The van der Waals surface area contributed by atoms with E-state index in [-0.39, 0.29) is 0 Å². The van der Waals surface area contributed by atoms with Gasteiger partial charge in [-0.2, -0.15) is 0 Å². The Balaban J connectivity index is 1.93. The van der Waals surface area contributed by atoms with Gasteiger partial charge in [0.1, 0.15) is 5.60 Å². The second kappa shape index (κ2) is 10.1. The van der Waals surface area contributed by atoms with E-state index in [0.717, 1.165) is 31.5 Å². The molecule has 2 rings (SSSR count). The van der Waals surface area contributed by atoms with E-state index in [1.807, 2.05) is 51.1 Å². The molecule has 1 aliphatic heterocycles. The standard InChI is InChI=1S/C21H35N3O3/c1-21(2,3)27-20(26)23-18(14-16-8-6-5-7-9-16)19(25)15-22-17-10-12-24(4)13-11-17/h5-9,17-19,22,25H,10-15H2,1-4H3,(H,23,26)/t18-,19+/m0/s1. The Morgan fingerprint density at radius 2 is 1.89 bits per heavy atom. The van der Waals surface area contributed by atoms with Crippen LogP contribution in [0.4, 0.5) is 4.79 Å². The van der Waals surface area contributed by atoms with E-state index >= 15 is 0 Å². The van der Waals surface area contributed by atoms with E-state index in [1.54, 1.807) is 0 Å². The molecular weight excluding hydrogens is 342 g/mol.